The number of carbonyl (C=O) groups excluding carboxylic acids is 1. The van der Waals surface area contributed by atoms with Crippen molar-refractivity contribution in [3.8, 4) is 0 Å². The molecule has 3 nitrogen and oxygen atoms in total. The van der Waals surface area contributed by atoms with Gasteiger partial charge in [-0.2, -0.15) is 0 Å². The van der Waals surface area contributed by atoms with E-state index in [0.717, 1.165) is 22.5 Å². The van der Waals surface area contributed by atoms with Crippen LogP contribution in [0.4, 0.5) is 11.4 Å². The van der Waals surface area contributed by atoms with Crippen molar-refractivity contribution >= 4 is 23.4 Å². The van der Waals surface area contributed by atoms with Crippen LogP contribution in [0.5, 0.6) is 0 Å². The number of rotatable bonds is 3. The van der Waals surface area contributed by atoms with Crippen LogP contribution in [0, 0.1) is 13.8 Å². The highest BCUT2D eigenvalue weighted by Crippen LogP contribution is 2.34. The van der Waals surface area contributed by atoms with Gasteiger partial charge in [-0.3, -0.25) is 9.69 Å². The molecule has 3 aromatic carbocycles. The Kier molecular flexibility index (Phi) is 4.74. The normalized spacial score (nSPS) is 16.5. The number of likely N-dealkylation sites (N-methyl/N-ethyl adjacent to an activating group) is 1. The molecule has 140 valence electrons. The number of hydrogen-bond acceptors (Lipinski definition) is 2. The summed E-state index contributed by atoms with van der Waals surface area (Å²) in [6.45, 7) is 4.15. The van der Waals surface area contributed by atoms with Crippen LogP contribution >= 0.6 is 0 Å². The molecule has 28 heavy (non-hydrogen) atoms. The number of fused-ring (bicyclic) bond motifs is 1. The van der Waals surface area contributed by atoms with Gasteiger partial charge in [0.25, 0.3) is 5.91 Å². The van der Waals surface area contributed by atoms with Crippen LogP contribution in [-0.2, 0) is 0 Å². The van der Waals surface area contributed by atoms with Crippen molar-refractivity contribution in [3.05, 3.63) is 101 Å². The van der Waals surface area contributed by atoms with E-state index >= 15 is 0 Å². The molecule has 3 aromatic rings. The summed E-state index contributed by atoms with van der Waals surface area (Å²) in [6.07, 6.45) is 4.01. The number of hydrogen-bond donors (Lipinski definition) is 0. The smallest absolute Gasteiger partial charge is 0.262 e. The minimum Gasteiger partial charge on any atom is -0.350 e. The summed E-state index contributed by atoms with van der Waals surface area (Å²) in [5.74, 6) is 0.0250. The highest BCUT2D eigenvalue weighted by molar-refractivity contribution is 6.12. The Morgan fingerprint density at radius 3 is 2.29 bits per heavy atom. The van der Waals surface area contributed by atoms with Gasteiger partial charge in [0.2, 0.25) is 0 Å². The molecule has 1 aliphatic rings. The monoisotopic (exact) mass is 368 g/mol. The highest BCUT2D eigenvalue weighted by Gasteiger charge is 2.35. The molecule has 4 rings (SSSR count). The van der Waals surface area contributed by atoms with E-state index in [2.05, 4.69) is 43.0 Å². The summed E-state index contributed by atoms with van der Waals surface area (Å²) in [6, 6.07) is 24.2. The standard InChI is InChI=1S/C25H24N2O/c1-18-12-15-21(16-13-18)27-24(17-14-20-9-5-4-8-19(20)2)26(3)23-11-7-6-10-22(23)25(27)28/h4-17,24H,1-3H3/b17-14+. The lowest BCUT2D eigenvalue weighted by molar-refractivity contribution is 0.0975. The summed E-state index contributed by atoms with van der Waals surface area (Å²) in [4.78, 5) is 17.4. The van der Waals surface area contributed by atoms with Crippen LogP contribution in [0.25, 0.3) is 6.08 Å². The predicted octanol–water partition coefficient (Wildman–Crippen LogP) is 5.44. The Labute approximate surface area is 166 Å². The minimum absolute atomic E-state index is 0.0250. The van der Waals surface area contributed by atoms with Crippen LogP contribution < -0.4 is 9.80 Å². The molecular weight excluding hydrogens is 344 g/mol. The predicted molar refractivity (Wildman–Crippen MR) is 117 cm³/mol. The van der Waals surface area contributed by atoms with E-state index in [0.29, 0.717) is 0 Å². The lowest BCUT2D eigenvalue weighted by Crippen LogP contribution is -2.53. The molecule has 0 bridgehead atoms. The van der Waals surface area contributed by atoms with Crippen molar-refractivity contribution in [1.29, 1.82) is 0 Å². The van der Waals surface area contributed by atoms with Crippen molar-refractivity contribution in [1.82, 2.24) is 0 Å². The van der Waals surface area contributed by atoms with Crippen molar-refractivity contribution < 1.29 is 4.79 Å². The fraction of sp³-hybridized carbons (Fsp3) is 0.160. The van der Waals surface area contributed by atoms with E-state index in [9.17, 15) is 4.79 Å². The van der Waals surface area contributed by atoms with Gasteiger partial charge in [0.05, 0.1) is 11.3 Å². The van der Waals surface area contributed by atoms with Gasteiger partial charge in [-0.05, 0) is 55.3 Å². The number of aryl methyl sites for hydroxylation is 2. The van der Waals surface area contributed by atoms with Crippen LogP contribution in [0.3, 0.4) is 0 Å². The number of carbonyl (C=O) groups is 1. The van der Waals surface area contributed by atoms with Gasteiger partial charge in [0, 0.05) is 12.7 Å². The van der Waals surface area contributed by atoms with Crippen LogP contribution in [0.1, 0.15) is 27.0 Å². The molecule has 0 N–H and O–H groups in total. The minimum atomic E-state index is -0.204. The Hall–Kier alpha value is -3.33. The topological polar surface area (TPSA) is 23.6 Å². The molecule has 3 heteroatoms. The lowest BCUT2D eigenvalue weighted by atomic mass is 10.0. The average Bonchev–Trinajstić information content (AvgIpc) is 2.71. The Balaban J connectivity index is 1.81. The van der Waals surface area contributed by atoms with E-state index < -0.39 is 0 Å². The molecule has 0 aromatic heterocycles. The third-order valence-electron chi connectivity index (χ3n) is 5.34. The van der Waals surface area contributed by atoms with E-state index in [1.54, 1.807) is 0 Å². The van der Waals surface area contributed by atoms with E-state index in [1.807, 2.05) is 72.6 Å². The largest absolute Gasteiger partial charge is 0.350 e. The van der Waals surface area contributed by atoms with Crippen molar-refractivity contribution in [2.45, 2.75) is 20.0 Å². The molecule has 0 spiro atoms. The number of benzene rings is 3. The van der Waals surface area contributed by atoms with Gasteiger partial charge in [-0.1, -0.05) is 60.2 Å². The van der Waals surface area contributed by atoms with Crippen molar-refractivity contribution in [2.75, 3.05) is 16.8 Å². The van der Waals surface area contributed by atoms with Gasteiger partial charge in [-0.15, -0.1) is 0 Å². The summed E-state index contributed by atoms with van der Waals surface area (Å²) >= 11 is 0. The number of para-hydroxylation sites is 1. The lowest BCUT2D eigenvalue weighted by Gasteiger charge is -2.42. The summed E-state index contributed by atoms with van der Waals surface area (Å²) in [5.41, 5.74) is 6.13. The Morgan fingerprint density at radius 2 is 1.54 bits per heavy atom. The molecule has 0 aliphatic carbocycles. The molecule has 1 heterocycles. The van der Waals surface area contributed by atoms with Gasteiger partial charge in [0.15, 0.2) is 0 Å². The SMILES string of the molecule is Cc1ccc(N2C(=O)c3ccccc3N(C)C2/C=C/c2ccccc2C)cc1. The second-order valence-electron chi connectivity index (χ2n) is 7.27. The second kappa shape index (κ2) is 7.35. The Morgan fingerprint density at radius 1 is 0.857 bits per heavy atom. The number of nitrogens with zero attached hydrogens (tertiary/aromatic N) is 2. The maximum Gasteiger partial charge on any atom is 0.262 e. The molecule has 0 saturated carbocycles. The summed E-state index contributed by atoms with van der Waals surface area (Å²) in [5, 5.41) is 0. The zero-order valence-electron chi connectivity index (χ0n) is 16.5. The first-order chi connectivity index (χ1) is 13.6. The second-order valence-corrected chi connectivity index (χ2v) is 7.27. The molecule has 0 saturated heterocycles. The molecule has 1 amide bonds. The Bertz CT molecular complexity index is 1040. The fourth-order valence-corrected chi connectivity index (χ4v) is 3.68. The number of amides is 1. The molecule has 0 fully saturated rings. The zero-order valence-corrected chi connectivity index (χ0v) is 16.5. The van der Waals surface area contributed by atoms with Gasteiger partial charge >= 0.3 is 0 Å². The maximum atomic E-state index is 13.4. The quantitative estimate of drug-likeness (QED) is 0.615. The molecule has 1 aliphatic heterocycles. The van der Waals surface area contributed by atoms with Crippen LogP contribution in [0.15, 0.2) is 78.9 Å². The maximum absolute atomic E-state index is 13.4. The fourth-order valence-electron chi connectivity index (χ4n) is 3.68. The third kappa shape index (κ3) is 3.20. The average molecular weight is 368 g/mol. The number of anilines is 2. The van der Waals surface area contributed by atoms with E-state index in [-0.39, 0.29) is 12.1 Å². The zero-order chi connectivity index (χ0) is 19.7. The van der Waals surface area contributed by atoms with E-state index in [1.165, 1.54) is 11.1 Å². The van der Waals surface area contributed by atoms with Gasteiger partial charge < -0.3 is 4.90 Å². The van der Waals surface area contributed by atoms with Crippen LogP contribution in [-0.4, -0.2) is 19.1 Å². The van der Waals surface area contributed by atoms with Crippen LogP contribution in [0.2, 0.25) is 0 Å². The molecule has 0 radical (unpaired) electrons. The summed E-state index contributed by atoms with van der Waals surface area (Å²) in [7, 11) is 2.04. The molecule has 1 atom stereocenters. The van der Waals surface area contributed by atoms with Gasteiger partial charge in [-0.25, -0.2) is 0 Å². The highest BCUT2D eigenvalue weighted by atomic mass is 16.2. The molecule has 1 unspecified atom stereocenters. The van der Waals surface area contributed by atoms with Crippen molar-refractivity contribution in [3.63, 3.8) is 0 Å². The summed E-state index contributed by atoms with van der Waals surface area (Å²) < 4.78 is 0. The van der Waals surface area contributed by atoms with E-state index in [4.69, 9.17) is 0 Å². The third-order valence-corrected chi connectivity index (χ3v) is 5.34. The first kappa shape index (κ1) is 18.1. The van der Waals surface area contributed by atoms with Gasteiger partial charge in [0.1, 0.15) is 6.17 Å². The first-order valence-electron chi connectivity index (χ1n) is 9.52. The van der Waals surface area contributed by atoms with Crippen molar-refractivity contribution in [2.24, 2.45) is 0 Å². The molecular formula is C25H24N2O. The first-order valence-corrected chi connectivity index (χ1v) is 9.52.